The van der Waals surface area contributed by atoms with E-state index >= 15 is 0 Å². The van der Waals surface area contributed by atoms with Crippen molar-refractivity contribution in [2.75, 3.05) is 16.8 Å². The fourth-order valence-corrected chi connectivity index (χ4v) is 3.41. The molecule has 0 saturated carbocycles. The van der Waals surface area contributed by atoms with Gasteiger partial charge < -0.3 is 10.2 Å². The van der Waals surface area contributed by atoms with Crippen molar-refractivity contribution in [2.45, 2.75) is 6.42 Å². The highest BCUT2D eigenvalue weighted by Crippen LogP contribution is 2.32. The van der Waals surface area contributed by atoms with Crippen LogP contribution in [0.2, 0.25) is 0 Å². The molecule has 0 radical (unpaired) electrons. The molecule has 1 amide bonds. The van der Waals surface area contributed by atoms with Crippen molar-refractivity contribution in [1.29, 1.82) is 0 Å². The van der Waals surface area contributed by atoms with Crippen LogP contribution >= 0.6 is 15.9 Å². The van der Waals surface area contributed by atoms with Gasteiger partial charge in [-0.15, -0.1) is 10.2 Å². The van der Waals surface area contributed by atoms with Crippen molar-refractivity contribution in [3.8, 4) is 0 Å². The third-order valence-electron chi connectivity index (χ3n) is 4.17. The van der Waals surface area contributed by atoms with Crippen LogP contribution in [-0.4, -0.2) is 22.6 Å². The van der Waals surface area contributed by atoms with E-state index in [9.17, 15) is 4.79 Å². The predicted octanol–water partition coefficient (Wildman–Crippen LogP) is 4.19. The number of amides is 1. The van der Waals surface area contributed by atoms with Crippen LogP contribution in [0.3, 0.4) is 0 Å². The Hall–Kier alpha value is -2.73. The third kappa shape index (κ3) is 3.13. The van der Waals surface area contributed by atoms with Crippen molar-refractivity contribution in [3.63, 3.8) is 0 Å². The first kappa shape index (κ1) is 15.8. The lowest BCUT2D eigenvalue weighted by Gasteiger charge is -2.17. The molecule has 0 atom stereocenters. The lowest BCUT2D eigenvalue weighted by molar-refractivity contribution is 0.102. The smallest absolute Gasteiger partial charge is 0.258 e. The Morgan fingerprint density at radius 1 is 1.00 bits per heavy atom. The number of nitrogens with zero attached hydrogens (tertiary/aromatic N) is 3. The molecule has 1 aliphatic rings. The van der Waals surface area contributed by atoms with Crippen LogP contribution in [0.15, 0.2) is 65.1 Å². The maximum atomic E-state index is 12.3. The van der Waals surface area contributed by atoms with E-state index in [1.54, 1.807) is 12.1 Å². The van der Waals surface area contributed by atoms with Gasteiger partial charge in [0.25, 0.3) is 5.91 Å². The molecular formula is C19H15BrN4O. The number of carbonyl (C=O) groups excluding carboxylic acids is 1. The van der Waals surface area contributed by atoms with E-state index in [0.717, 1.165) is 23.3 Å². The van der Waals surface area contributed by atoms with Crippen molar-refractivity contribution in [3.05, 3.63) is 76.3 Å². The Morgan fingerprint density at radius 2 is 1.80 bits per heavy atom. The molecule has 0 saturated heterocycles. The molecule has 4 rings (SSSR count). The number of hydrogen-bond acceptors (Lipinski definition) is 4. The Labute approximate surface area is 153 Å². The Morgan fingerprint density at radius 3 is 2.60 bits per heavy atom. The van der Waals surface area contributed by atoms with E-state index in [0.29, 0.717) is 11.4 Å². The number of carbonyl (C=O) groups is 1. The fraction of sp³-hybridized carbons (Fsp3) is 0.105. The SMILES string of the molecule is O=C(Nc1ccc(N2CCc3ccccc32)nn1)c1ccccc1Br. The minimum absolute atomic E-state index is 0.221. The quantitative estimate of drug-likeness (QED) is 0.723. The van der Waals surface area contributed by atoms with E-state index in [-0.39, 0.29) is 5.91 Å². The largest absolute Gasteiger partial charge is 0.324 e. The van der Waals surface area contributed by atoms with Crippen LogP contribution in [0.5, 0.6) is 0 Å². The molecule has 1 N–H and O–H groups in total. The molecule has 5 nitrogen and oxygen atoms in total. The third-order valence-corrected chi connectivity index (χ3v) is 4.87. The molecule has 0 spiro atoms. The van der Waals surface area contributed by atoms with Crippen LogP contribution in [0, 0.1) is 0 Å². The summed E-state index contributed by atoms with van der Waals surface area (Å²) in [6.07, 6.45) is 0.998. The normalized spacial score (nSPS) is 12.8. The number of anilines is 3. The van der Waals surface area contributed by atoms with Gasteiger partial charge in [-0.2, -0.15) is 0 Å². The molecule has 1 aromatic heterocycles. The highest BCUT2D eigenvalue weighted by atomic mass is 79.9. The maximum absolute atomic E-state index is 12.3. The Bertz CT molecular complexity index is 927. The molecule has 3 aromatic rings. The van der Waals surface area contributed by atoms with Crippen molar-refractivity contribution < 1.29 is 4.79 Å². The number of benzene rings is 2. The zero-order valence-corrected chi connectivity index (χ0v) is 14.9. The summed E-state index contributed by atoms with van der Waals surface area (Å²) in [5, 5.41) is 11.2. The summed E-state index contributed by atoms with van der Waals surface area (Å²) < 4.78 is 0.741. The fourth-order valence-electron chi connectivity index (χ4n) is 2.94. The standard InChI is InChI=1S/C19H15BrN4O/c20-15-7-3-2-6-14(15)19(25)21-17-9-10-18(23-22-17)24-12-11-13-5-1-4-8-16(13)24/h1-10H,11-12H2,(H,21,22,25). The molecule has 2 heterocycles. The molecule has 6 heteroatoms. The Kier molecular flexibility index (Phi) is 4.19. The van der Waals surface area contributed by atoms with Crippen molar-refractivity contribution in [1.82, 2.24) is 10.2 Å². The lowest BCUT2D eigenvalue weighted by Crippen LogP contribution is -2.17. The molecule has 0 aliphatic carbocycles. The zero-order chi connectivity index (χ0) is 17.2. The van der Waals surface area contributed by atoms with Crippen molar-refractivity contribution in [2.24, 2.45) is 0 Å². The zero-order valence-electron chi connectivity index (χ0n) is 13.3. The monoisotopic (exact) mass is 394 g/mol. The van der Waals surface area contributed by atoms with Gasteiger partial charge in [-0.3, -0.25) is 4.79 Å². The number of halogens is 1. The van der Waals surface area contributed by atoms with E-state index in [1.165, 1.54) is 11.3 Å². The van der Waals surface area contributed by atoms with E-state index in [4.69, 9.17) is 0 Å². The first-order valence-electron chi connectivity index (χ1n) is 7.97. The Balaban J connectivity index is 1.52. The number of hydrogen-bond donors (Lipinski definition) is 1. The molecule has 0 unspecified atom stereocenters. The molecule has 1 aliphatic heterocycles. The minimum atomic E-state index is -0.221. The first-order valence-corrected chi connectivity index (χ1v) is 8.77. The number of rotatable bonds is 3. The second-order valence-electron chi connectivity index (χ2n) is 5.74. The van der Waals surface area contributed by atoms with Gasteiger partial charge >= 0.3 is 0 Å². The topological polar surface area (TPSA) is 58.1 Å². The van der Waals surface area contributed by atoms with E-state index in [1.807, 2.05) is 36.4 Å². The number of fused-ring (bicyclic) bond motifs is 1. The van der Waals surface area contributed by atoms with Gasteiger partial charge in [0, 0.05) is 16.7 Å². The average molecular weight is 395 g/mol. The highest BCUT2D eigenvalue weighted by Gasteiger charge is 2.21. The van der Waals surface area contributed by atoms with Gasteiger partial charge in [-0.1, -0.05) is 30.3 Å². The second-order valence-corrected chi connectivity index (χ2v) is 6.60. The maximum Gasteiger partial charge on any atom is 0.258 e. The average Bonchev–Trinajstić information content (AvgIpc) is 3.07. The molecule has 2 aromatic carbocycles. The first-order chi connectivity index (χ1) is 12.2. The number of aromatic nitrogens is 2. The number of para-hydroxylation sites is 1. The minimum Gasteiger partial charge on any atom is -0.324 e. The molecule has 0 fully saturated rings. The van der Waals surface area contributed by atoms with Crippen LogP contribution in [0.1, 0.15) is 15.9 Å². The summed E-state index contributed by atoms with van der Waals surface area (Å²) in [6, 6.07) is 19.2. The summed E-state index contributed by atoms with van der Waals surface area (Å²) in [4.78, 5) is 14.5. The molecule has 25 heavy (non-hydrogen) atoms. The van der Waals surface area contributed by atoms with Gasteiger partial charge in [-0.25, -0.2) is 0 Å². The van der Waals surface area contributed by atoms with Crippen LogP contribution in [0.4, 0.5) is 17.3 Å². The summed E-state index contributed by atoms with van der Waals surface area (Å²) in [5.74, 6) is 0.988. The van der Waals surface area contributed by atoms with Gasteiger partial charge in [-0.05, 0) is 58.2 Å². The van der Waals surface area contributed by atoms with E-state index in [2.05, 4.69) is 48.5 Å². The molecule has 124 valence electrons. The second kappa shape index (κ2) is 6.64. The summed E-state index contributed by atoms with van der Waals surface area (Å²) in [6.45, 7) is 0.886. The van der Waals surface area contributed by atoms with Gasteiger partial charge in [0.15, 0.2) is 11.6 Å². The van der Waals surface area contributed by atoms with Gasteiger partial charge in [0.2, 0.25) is 0 Å². The summed E-state index contributed by atoms with van der Waals surface area (Å²) >= 11 is 3.38. The van der Waals surface area contributed by atoms with Gasteiger partial charge in [0.05, 0.1) is 5.56 Å². The molecular weight excluding hydrogens is 380 g/mol. The lowest BCUT2D eigenvalue weighted by atomic mass is 10.2. The predicted molar refractivity (Wildman–Crippen MR) is 101 cm³/mol. The summed E-state index contributed by atoms with van der Waals surface area (Å²) in [5.41, 5.74) is 3.04. The number of nitrogens with one attached hydrogen (secondary N) is 1. The molecule has 0 bridgehead atoms. The summed E-state index contributed by atoms with van der Waals surface area (Å²) in [7, 11) is 0. The van der Waals surface area contributed by atoms with Crippen LogP contribution < -0.4 is 10.2 Å². The van der Waals surface area contributed by atoms with E-state index < -0.39 is 0 Å². The van der Waals surface area contributed by atoms with Gasteiger partial charge in [0.1, 0.15) is 0 Å². The highest BCUT2D eigenvalue weighted by molar-refractivity contribution is 9.10. The van der Waals surface area contributed by atoms with Crippen molar-refractivity contribution >= 4 is 39.2 Å². The van der Waals surface area contributed by atoms with Crippen LogP contribution in [-0.2, 0) is 6.42 Å². The van der Waals surface area contributed by atoms with Crippen LogP contribution in [0.25, 0.3) is 0 Å².